The van der Waals surface area contributed by atoms with Crippen LogP contribution in [0.5, 0.6) is 0 Å². The van der Waals surface area contributed by atoms with Gasteiger partial charge in [-0.3, -0.25) is 4.79 Å². The van der Waals surface area contributed by atoms with E-state index in [1.54, 1.807) is 6.92 Å². The summed E-state index contributed by atoms with van der Waals surface area (Å²) in [5.41, 5.74) is 5.91. The highest BCUT2D eigenvalue weighted by molar-refractivity contribution is 5.95. The van der Waals surface area contributed by atoms with Gasteiger partial charge in [-0.1, -0.05) is 5.16 Å². The predicted octanol–water partition coefficient (Wildman–Crippen LogP) is 0.580. The van der Waals surface area contributed by atoms with Gasteiger partial charge in [0.25, 0.3) is 5.91 Å². The van der Waals surface area contributed by atoms with Crippen LogP contribution in [0.1, 0.15) is 30.1 Å². The lowest BCUT2D eigenvalue weighted by Gasteiger charge is -2.25. The molecule has 17 heavy (non-hydrogen) atoms. The van der Waals surface area contributed by atoms with Crippen molar-refractivity contribution in [2.24, 2.45) is 10.9 Å². The van der Waals surface area contributed by atoms with Crippen molar-refractivity contribution in [3.05, 3.63) is 17.8 Å². The lowest BCUT2D eigenvalue weighted by molar-refractivity contribution is 0.0700. The molecule has 0 spiro atoms. The van der Waals surface area contributed by atoms with Gasteiger partial charge in [0.1, 0.15) is 0 Å². The maximum Gasteiger partial charge on any atom is 0.292 e. The Morgan fingerprint density at radius 1 is 1.71 bits per heavy atom. The van der Waals surface area contributed by atoms with Crippen molar-refractivity contribution in [3.8, 4) is 0 Å². The zero-order valence-corrected chi connectivity index (χ0v) is 10.0. The highest BCUT2D eigenvalue weighted by atomic mass is 16.4. The van der Waals surface area contributed by atoms with Crippen LogP contribution in [0, 0.1) is 6.92 Å². The number of aryl methyl sites for hydroxylation is 1. The number of nitrogens with two attached hydrogens (primary N) is 1. The number of hydrogen-bond donors (Lipinski definition) is 2. The second-order valence-corrected chi connectivity index (χ2v) is 3.89. The SMILES string of the molecule is Cc1ncoc1C(=O)N(CC(N)=NO)C(C)C. The molecule has 7 nitrogen and oxygen atoms in total. The molecule has 0 aliphatic rings. The second-order valence-electron chi connectivity index (χ2n) is 3.89. The Morgan fingerprint density at radius 2 is 2.35 bits per heavy atom. The van der Waals surface area contributed by atoms with Crippen LogP contribution >= 0.6 is 0 Å². The average molecular weight is 240 g/mol. The van der Waals surface area contributed by atoms with E-state index in [1.165, 1.54) is 11.3 Å². The molecule has 0 fully saturated rings. The first-order valence-electron chi connectivity index (χ1n) is 5.14. The van der Waals surface area contributed by atoms with Crippen molar-refractivity contribution in [2.45, 2.75) is 26.8 Å². The van der Waals surface area contributed by atoms with Gasteiger partial charge in [0.2, 0.25) is 5.76 Å². The monoisotopic (exact) mass is 240 g/mol. The third kappa shape index (κ3) is 2.96. The number of rotatable bonds is 4. The van der Waals surface area contributed by atoms with Crippen molar-refractivity contribution < 1.29 is 14.4 Å². The Balaban J connectivity index is 2.93. The summed E-state index contributed by atoms with van der Waals surface area (Å²) in [5.74, 6) is -0.199. The van der Waals surface area contributed by atoms with Crippen LogP contribution < -0.4 is 5.73 Å². The molecule has 0 aliphatic heterocycles. The number of aromatic nitrogens is 1. The summed E-state index contributed by atoms with van der Waals surface area (Å²) >= 11 is 0. The Bertz CT molecular complexity index is 425. The van der Waals surface area contributed by atoms with Crippen molar-refractivity contribution in [1.29, 1.82) is 0 Å². The number of nitrogens with zero attached hydrogens (tertiary/aromatic N) is 3. The molecule has 0 saturated heterocycles. The van der Waals surface area contributed by atoms with Crippen LogP contribution in [-0.2, 0) is 0 Å². The molecule has 1 rings (SSSR count). The molecule has 1 amide bonds. The van der Waals surface area contributed by atoms with Crippen molar-refractivity contribution in [1.82, 2.24) is 9.88 Å². The first-order chi connectivity index (χ1) is 7.97. The summed E-state index contributed by atoms with van der Waals surface area (Å²) < 4.78 is 5.03. The molecule has 0 atom stereocenters. The van der Waals surface area contributed by atoms with E-state index in [2.05, 4.69) is 10.1 Å². The van der Waals surface area contributed by atoms with Gasteiger partial charge < -0.3 is 20.3 Å². The minimum Gasteiger partial charge on any atom is -0.438 e. The molecule has 0 radical (unpaired) electrons. The molecule has 0 saturated carbocycles. The Labute approximate surface area is 98.9 Å². The van der Waals surface area contributed by atoms with Crippen LogP contribution in [0.25, 0.3) is 0 Å². The molecule has 94 valence electrons. The standard InChI is InChI=1S/C10H16N4O3/c1-6(2)14(4-8(11)13-16)10(15)9-7(3)12-5-17-9/h5-6,16H,4H2,1-3H3,(H2,11,13). The molecular weight excluding hydrogens is 224 g/mol. The molecule has 0 bridgehead atoms. The van der Waals surface area contributed by atoms with E-state index in [0.29, 0.717) is 5.69 Å². The fraction of sp³-hybridized carbons (Fsp3) is 0.500. The quantitative estimate of drug-likeness (QED) is 0.346. The van der Waals surface area contributed by atoms with Crippen molar-refractivity contribution in [3.63, 3.8) is 0 Å². The third-order valence-corrected chi connectivity index (χ3v) is 2.28. The third-order valence-electron chi connectivity index (χ3n) is 2.28. The summed E-state index contributed by atoms with van der Waals surface area (Å²) in [7, 11) is 0. The van der Waals surface area contributed by atoms with E-state index in [1.807, 2.05) is 13.8 Å². The van der Waals surface area contributed by atoms with Gasteiger partial charge in [-0.2, -0.15) is 0 Å². The van der Waals surface area contributed by atoms with Crippen LogP contribution in [-0.4, -0.2) is 39.4 Å². The summed E-state index contributed by atoms with van der Waals surface area (Å²) in [5, 5.41) is 11.4. The van der Waals surface area contributed by atoms with E-state index >= 15 is 0 Å². The number of oxazole rings is 1. The van der Waals surface area contributed by atoms with Gasteiger partial charge in [-0.05, 0) is 20.8 Å². The molecule has 7 heteroatoms. The summed E-state index contributed by atoms with van der Waals surface area (Å²) in [6.45, 7) is 5.37. The number of amidine groups is 1. The van der Waals surface area contributed by atoms with Crippen molar-refractivity contribution in [2.75, 3.05) is 6.54 Å². The van der Waals surface area contributed by atoms with Crippen molar-refractivity contribution >= 4 is 11.7 Å². The molecule has 0 aromatic carbocycles. The summed E-state index contributed by atoms with van der Waals surface area (Å²) in [6, 6.07) is -0.104. The first-order valence-corrected chi connectivity index (χ1v) is 5.14. The molecule has 1 aromatic rings. The lowest BCUT2D eigenvalue weighted by atomic mass is 10.2. The number of carbonyl (C=O) groups is 1. The topological polar surface area (TPSA) is 105 Å². The Morgan fingerprint density at radius 3 is 2.76 bits per heavy atom. The summed E-state index contributed by atoms with van der Waals surface area (Å²) in [4.78, 5) is 17.4. The van der Waals surface area contributed by atoms with Gasteiger partial charge in [-0.25, -0.2) is 4.98 Å². The normalized spacial score (nSPS) is 11.9. The van der Waals surface area contributed by atoms with Gasteiger partial charge in [-0.15, -0.1) is 0 Å². The number of carbonyl (C=O) groups excluding carboxylic acids is 1. The molecule has 1 heterocycles. The highest BCUT2D eigenvalue weighted by Crippen LogP contribution is 2.11. The Kier molecular flexibility index (Phi) is 4.08. The maximum absolute atomic E-state index is 12.1. The number of hydrogen-bond acceptors (Lipinski definition) is 5. The van der Waals surface area contributed by atoms with Crippen LogP contribution in [0.15, 0.2) is 16.0 Å². The van der Waals surface area contributed by atoms with Crippen LogP contribution in [0.3, 0.4) is 0 Å². The van der Waals surface area contributed by atoms with E-state index in [4.69, 9.17) is 15.4 Å². The highest BCUT2D eigenvalue weighted by Gasteiger charge is 2.24. The van der Waals surface area contributed by atoms with E-state index in [9.17, 15) is 4.79 Å². The lowest BCUT2D eigenvalue weighted by Crippen LogP contribution is -2.43. The fourth-order valence-corrected chi connectivity index (χ4v) is 1.33. The fourth-order valence-electron chi connectivity index (χ4n) is 1.33. The number of amides is 1. The summed E-state index contributed by atoms with van der Waals surface area (Å²) in [6.07, 6.45) is 1.21. The zero-order chi connectivity index (χ0) is 13.0. The molecule has 0 aliphatic carbocycles. The molecular formula is C10H16N4O3. The first kappa shape index (κ1) is 13.0. The van der Waals surface area contributed by atoms with Gasteiger partial charge in [0, 0.05) is 6.04 Å². The largest absolute Gasteiger partial charge is 0.438 e. The molecule has 1 aromatic heterocycles. The zero-order valence-electron chi connectivity index (χ0n) is 10.0. The van der Waals surface area contributed by atoms with E-state index in [-0.39, 0.29) is 30.1 Å². The van der Waals surface area contributed by atoms with Crippen LogP contribution in [0.2, 0.25) is 0 Å². The second kappa shape index (κ2) is 5.33. The smallest absolute Gasteiger partial charge is 0.292 e. The van der Waals surface area contributed by atoms with Gasteiger partial charge >= 0.3 is 0 Å². The molecule has 3 N–H and O–H groups in total. The van der Waals surface area contributed by atoms with E-state index < -0.39 is 0 Å². The van der Waals surface area contributed by atoms with E-state index in [0.717, 1.165) is 0 Å². The minimum absolute atomic E-state index is 0.0349. The van der Waals surface area contributed by atoms with Gasteiger partial charge in [0.15, 0.2) is 12.2 Å². The molecule has 0 unspecified atom stereocenters. The van der Waals surface area contributed by atoms with Gasteiger partial charge in [0.05, 0.1) is 12.2 Å². The predicted molar refractivity (Wildman–Crippen MR) is 60.8 cm³/mol. The average Bonchev–Trinajstić information content (AvgIpc) is 2.70. The number of oxime groups is 1. The Hall–Kier alpha value is -2.05. The maximum atomic E-state index is 12.1. The van der Waals surface area contributed by atoms with Crippen LogP contribution in [0.4, 0.5) is 0 Å². The minimum atomic E-state index is -0.332.